The number of aliphatic hydroxyl groups is 1. The Bertz CT molecular complexity index is 590. The molecule has 21 heavy (non-hydrogen) atoms. The van der Waals surface area contributed by atoms with E-state index in [1.165, 1.54) is 12.1 Å². The molecule has 0 aliphatic heterocycles. The van der Waals surface area contributed by atoms with Crippen LogP contribution in [0.2, 0.25) is 15.1 Å². The molecule has 118 valence electrons. The van der Waals surface area contributed by atoms with Gasteiger partial charge >= 0.3 is 0 Å². The highest BCUT2D eigenvalue weighted by Crippen LogP contribution is 2.33. The average molecular weight is 373 g/mol. The number of halogens is 3. The molecule has 8 heteroatoms. The Morgan fingerprint density at radius 2 is 1.62 bits per heavy atom. The van der Waals surface area contributed by atoms with Crippen LogP contribution in [-0.4, -0.2) is 26.2 Å². The molecule has 2 N–H and O–H groups in total. The first-order chi connectivity index (χ1) is 9.79. The Morgan fingerprint density at radius 3 is 2.14 bits per heavy atom. The molecule has 1 aromatic carbocycles. The first kappa shape index (κ1) is 17.3. The third-order valence-electron chi connectivity index (χ3n) is 3.61. The lowest BCUT2D eigenvalue weighted by Crippen LogP contribution is -2.32. The minimum atomic E-state index is -3.79. The molecule has 1 aliphatic rings. The molecular weight excluding hydrogens is 357 g/mol. The van der Waals surface area contributed by atoms with E-state index in [0.717, 1.165) is 12.8 Å². The highest BCUT2D eigenvalue weighted by molar-refractivity contribution is 7.89. The van der Waals surface area contributed by atoms with Crippen LogP contribution >= 0.6 is 34.8 Å². The van der Waals surface area contributed by atoms with Crippen molar-refractivity contribution in [3.05, 3.63) is 27.2 Å². The predicted octanol–water partition coefficient (Wildman–Crippen LogP) is 3.48. The molecule has 1 aliphatic carbocycles. The summed E-state index contributed by atoms with van der Waals surface area (Å²) in [6.07, 6.45) is 2.74. The van der Waals surface area contributed by atoms with E-state index in [-0.39, 0.29) is 32.0 Å². The summed E-state index contributed by atoms with van der Waals surface area (Å²) in [6.45, 7) is 0.310. The van der Waals surface area contributed by atoms with Crippen LogP contribution in [-0.2, 0) is 10.0 Å². The molecule has 1 saturated carbocycles. The summed E-state index contributed by atoms with van der Waals surface area (Å²) < 4.78 is 27.2. The fraction of sp³-hybridized carbons (Fsp3) is 0.538. The van der Waals surface area contributed by atoms with Gasteiger partial charge in [-0.1, -0.05) is 34.8 Å². The second-order valence-electron chi connectivity index (χ2n) is 5.23. The molecule has 1 fully saturated rings. The second-order valence-corrected chi connectivity index (χ2v) is 8.18. The zero-order valence-corrected chi connectivity index (χ0v) is 14.2. The molecule has 1 aromatic rings. The summed E-state index contributed by atoms with van der Waals surface area (Å²) in [5.41, 5.74) is 0. The summed E-state index contributed by atoms with van der Waals surface area (Å²) >= 11 is 17.7. The molecule has 0 spiro atoms. The second kappa shape index (κ2) is 7.02. The molecule has 0 bridgehead atoms. The number of hydrogen-bond acceptors (Lipinski definition) is 3. The maximum atomic E-state index is 12.3. The van der Waals surface area contributed by atoms with Crippen LogP contribution in [0.4, 0.5) is 0 Å². The summed E-state index contributed by atoms with van der Waals surface area (Å²) in [5.74, 6) is 0.216. The van der Waals surface area contributed by atoms with Crippen LogP contribution in [0.5, 0.6) is 0 Å². The molecular formula is C13H16Cl3NO3S. The van der Waals surface area contributed by atoms with E-state index in [1.54, 1.807) is 0 Å². The minimum absolute atomic E-state index is 0.000864. The van der Waals surface area contributed by atoms with Gasteiger partial charge in [0, 0.05) is 11.6 Å². The Balaban J connectivity index is 2.09. The van der Waals surface area contributed by atoms with Crippen molar-refractivity contribution in [3.8, 4) is 0 Å². The SMILES string of the molecule is O=S(=O)(NCC1CCC(O)CC1)c1c(Cl)cc(Cl)cc1Cl. The van der Waals surface area contributed by atoms with Gasteiger partial charge in [0.15, 0.2) is 0 Å². The number of hydrogen-bond donors (Lipinski definition) is 2. The van der Waals surface area contributed by atoms with E-state index in [0.29, 0.717) is 19.4 Å². The van der Waals surface area contributed by atoms with Gasteiger partial charge in [-0.3, -0.25) is 0 Å². The van der Waals surface area contributed by atoms with Crippen molar-refractivity contribution >= 4 is 44.8 Å². The molecule has 0 saturated heterocycles. The molecule has 0 amide bonds. The number of benzene rings is 1. The van der Waals surface area contributed by atoms with E-state index in [9.17, 15) is 13.5 Å². The molecule has 2 rings (SSSR count). The number of aliphatic hydroxyl groups excluding tert-OH is 1. The zero-order chi connectivity index (χ0) is 15.6. The summed E-state index contributed by atoms with van der Waals surface area (Å²) in [7, 11) is -3.79. The van der Waals surface area contributed by atoms with Crippen LogP contribution in [0.1, 0.15) is 25.7 Å². The van der Waals surface area contributed by atoms with E-state index < -0.39 is 10.0 Å². The highest BCUT2D eigenvalue weighted by atomic mass is 35.5. The molecule has 0 radical (unpaired) electrons. The average Bonchev–Trinajstić information content (AvgIpc) is 2.36. The quantitative estimate of drug-likeness (QED) is 0.850. The van der Waals surface area contributed by atoms with E-state index in [2.05, 4.69) is 4.72 Å². The fourth-order valence-electron chi connectivity index (χ4n) is 2.43. The van der Waals surface area contributed by atoms with Gasteiger partial charge in [0.25, 0.3) is 0 Å². The maximum absolute atomic E-state index is 12.3. The lowest BCUT2D eigenvalue weighted by molar-refractivity contribution is 0.109. The molecule has 0 atom stereocenters. The van der Waals surface area contributed by atoms with Gasteiger partial charge in [0.2, 0.25) is 10.0 Å². The summed E-state index contributed by atoms with van der Waals surface area (Å²) in [5, 5.41) is 9.73. The van der Waals surface area contributed by atoms with E-state index in [4.69, 9.17) is 34.8 Å². The maximum Gasteiger partial charge on any atom is 0.243 e. The van der Waals surface area contributed by atoms with Crippen LogP contribution in [0.3, 0.4) is 0 Å². The smallest absolute Gasteiger partial charge is 0.243 e. The van der Waals surface area contributed by atoms with Crippen molar-refractivity contribution < 1.29 is 13.5 Å². The lowest BCUT2D eigenvalue weighted by Gasteiger charge is -2.25. The Hall–Kier alpha value is -0.0400. The third kappa shape index (κ3) is 4.47. The molecule has 0 heterocycles. The first-order valence-electron chi connectivity index (χ1n) is 6.62. The van der Waals surface area contributed by atoms with Crippen molar-refractivity contribution in [2.75, 3.05) is 6.54 Å². The van der Waals surface area contributed by atoms with Gasteiger partial charge in [-0.2, -0.15) is 0 Å². The van der Waals surface area contributed by atoms with Gasteiger partial charge in [0.05, 0.1) is 16.1 Å². The number of rotatable bonds is 4. The Labute approximate surface area is 139 Å². The minimum Gasteiger partial charge on any atom is -0.393 e. The van der Waals surface area contributed by atoms with Gasteiger partial charge in [0.1, 0.15) is 4.90 Å². The van der Waals surface area contributed by atoms with Crippen molar-refractivity contribution in [1.29, 1.82) is 0 Å². The van der Waals surface area contributed by atoms with Gasteiger partial charge in [-0.15, -0.1) is 0 Å². The van der Waals surface area contributed by atoms with Gasteiger partial charge in [-0.05, 0) is 43.7 Å². The van der Waals surface area contributed by atoms with E-state index in [1.807, 2.05) is 0 Å². The monoisotopic (exact) mass is 371 g/mol. The topological polar surface area (TPSA) is 66.4 Å². The third-order valence-corrected chi connectivity index (χ3v) is 6.17. The van der Waals surface area contributed by atoms with Crippen LogP contribution in [0, 0.1) is 5.92 Å². The standard InChI is InChI=1S/C13H16Cl3NO3S/c14-9-5-11(15)13(12(16)6-9)21(19,20)17-7-8-1-3-10(18)4-2-8/h5-6,8,10,17-18H,1-4,7H2. The molecule has 0 unspecified atom stereocenters. The van der Waals surface area contributed by atoms with Crippen LogP contribution < -0.4 is 4.72 Å². The predicted molar refractivity (Wildman–Crippen MR) is 84.6 cm³/mol. The normalized spacial score (nSPS) is 23.2. The van der Waals surface area contributed by atoms with Crippen molar-refractivity contribution in [3.63, 3.8) is 0 Å². The summed E-state index contributed by atoms with van der Waals surface area (Å²) in [6, 6.07) is 2.70. The van der Waals surface area contributed by atoms with E-state index >= 15 is 0 Å². The van der Waals surface area contributed by atoms with Gasteiger partial charge < -0.3 is 5.11 Å². The first-order valence-corrected chi connectivity index (χ1v) is 9.23. The molecule has 4 nitrogen and oxygen atoms in total. The number of sulfonamides is 1. The lowest BCUT2D eigenvalue weighted by atomic mass is 9.88. The van der Waals surface area contributed by atoms with Gasteiger partial charge in [-0.25, -0.2) is 13.1 Å². The van der Waals surface area contributed by atoms with Crippen molar-refractivity contribution in [2.45, 2.75) is 36.7 Å². The number of nitrogens with one attached hydrogen (secondary N) is 1. The zero-order valence-electron chi connectivity index (χ0n) is 11.2. The highest BCUT2D eigenvalue weighted by Gasteiger charge is 2.25. The van der Waals surface area contributed by atoms with Crippen molar-refractivity contribution in [1.82, 2.24) is 4.72 Å². The Morgan fingerprint density at radius 1 is 1.10 bits per heavy atom. The Kier molecular flexibility index (Phi) is 5.79. The summed E-state index contributed by atoms with van der Waals surface area (Å²) in [4.78, 5) is -0.147. The van der Waals surface area contributed by atoms with Crippen LogP contribution in [0.25, 0.3) is 0 Å². The fourth-order valence-corrected chi connectivity index (χ4v) is 5.09. The van der Waals surface area contributed by atoms with Crippen LogP contribution in [0.15, 0.2) is 17.0 Å². The molecule has 0 aromatic heterocycles. The largest absolute Gasteiger partial charge is 0.393 e. The van der Waals surface area contributed by atoms with Crippen molar-refractivity contribution in [2.24, 2.45) is 5.92 Å².